The predicted molar refractivity (Wildman–Crippen MR) is 87.1 cm³/mol. The van der Waals surface area contributed by atoms with Crippen LogP contribution in [0, 0.1) is 5.92 Å². The standard InChI is InChI=1S/C16H30N4/c1-6-17-16-15(8-7-9-18-16)13-20(12-14(2)3)11-10-19(4)5/h7-9,14H,6,10-13H2,1-5H3,(H,17,18). The lowest BCUT2D eigenvalue weighted by Crippen LogP contribution is -2.34. The molecule has 0 saturated heterocycles. The lowest BCUT2D eigenvalue weighted by atomic mass is 10.1. The molecular formula is C16H30N4. The average molecular weight is 278 g/mol. The largest absolute Gasteiger partial charge is 0.370 e. The Morgan fingerprint density at radius 1 is 1.25 bits per heavy atom. The molecule has 0 atom stereocenters. The SMILES string of the molecule is CCNc1ncccc1CN(CCN(C)C)CC(C)C. The average Bonchev–Trinajstić information content (AvgIpc) is 2.38. The van der Waals surface area contributed by atoms with Crippen molar-refractivity contribution in [2.75, 3.05) is 45.6 Å². The highest BCUT2D eigenvalue weighted by Gasteiger charge is 2.11. The summed E-state index contributed by atoms with van der Waals surface area (Å²) >= 11 is 0. The monoisotopic (exact) mass is 278 g/mol. The van der Waals surface area contributed by atoms with Crippen LogP contribution in [-0.4, -0.2) is 55.1 Å². The van der Waals surface area contributed by atoms with Gasteiger partial charge in [-0.05, 0) is 33.0 Å². The predicted octanol–water partition coefficient (Wildman–Crippen LogP) is 2.53. The van der Waals surface area contributed by atoms with Gasteiger partial charge in [0.05, 0.1) is 0 Å². The zero-order valence-electron chi connectivity index (χ0n) is 13.7. The van der Waals surface area contributed by atoms with E-state index in [0.29, 0.717) is 5.92 Å². The lowest BCUT2D eigenvalue weighted by molar-refractivity contribution is 0.212. The molecule has 1 aromatic rings. The molecule has 0 radical (unpaired) electrons. The van der Waals surface area contributed by atoms with E-state index < -0.39 is 0 Å². The highest BCUT2D eigenvalue weighted by Crippen LogP contribution is 2.15. The molecule has 0 aliphatic carbocycles. The quantitative estimate of drug-likeness (QED) is 0.752. The van der Waals surface area contributed by atoms with E-state index in [1.54, 1.807) is 0 Å². The summed E-state index contributed by atoms with van der Waals surface area (Å²) in [6, 6.07) is 4.20. The maximum atomic E-state index is 4.45. The van der Waals surface area contributed by atoms with Crippen LogP contribution in [0.3, 0.4) is 0 Å². The molecule has 0 amide bonds. The van der Waals surface area contributed by atoms with Gasteiger partial charge in [0.15, 0.2) is 0 Å². The number of anilines is 1. The number of hydrogen-bond donors (Lipinski definition) is 1. The van der Waals surface area contributed by atoms with E-state index in [1.807, 2.05) is 12.3 Å². The first-order chi connectivity index (χ1) is 9.52. The Hall–Kier alpha value is -1.13. The van der Waals surface area contributed by atoms with Crippen molar-refractivity contribution in [1.82, 2.24) is 14.8 Å². The van der Waals surface area contributed by atoms with Gasteiger partial charge >= 0.3 is 0 Å². The van der Waals surface area contributed by atoms with Crippen LogP contribution < -0.4 is 5.32 Å². The zero-order valence-corrected chi connectivity index (χ0v) is 13.7. The number of aromatic nitrogens is 1. The summed E-state index contributed by atoms with van der Waals surface area (Å²) in [5.74, 6) is 1.70. The zero-order chi connectivity index (χ0) is 15.0. The van der Waals surface area contributed by atoms with Crippen molar-refractivity contribution in [1.29, 1.82) is 0 Å². The number of hydrogen-bond acceptors (Lipinski definition) is 4. The van der Waals surface area contributed by atoms with E-state index in [2.05, 4.69) is 61.0 Å². The summed E-state index contributed by atoms with van der Waals surface area (Å²) < 4.78 is 0. The lowest BCUT2D eigenvalue weighted by Gasteiger charge is -2.26. The van der Waals surface area contributed by atoms with Gasteiger partial charge in [-0.15, -0.1) is 0 Å². The second-order valence-corrected chi connectivity index (χ2v) is 5.97. The molecule has 1 rings (SSSR count). The van der Waals surface area contributed by atoms with Crippen molar-refractivity contribution < 1.29 is 0 Å². The first kappa shape index (κ1) is 16.9. The molecule has 1 N–H and O–H groups in total. The topological polar surface area (TPSA) is 31.4 Å². The molecule has 0 aliphatic rings. The van der Waals surface area contributed by atoms with Crippen molar-refractivity contribution in [3.8, 4) is 0 Å². The smallest absolute Gasteiger partial charge is 0.130 e. The molecule has 20 heavy (non-hydrogen) atoms. The van der Waals surface area contributed by atoms with Gasteiger partial charge in [0.25, 0.3) is 0 Å². The van der Waals surface area contributed by atoms with Crippen molar-refractivity contribution in [3.63, 3.8) is 0 Å². The van der Waals surface area contributed by atoms with E-state index in [-0.39, 0.29) is 0 Å². The Morgan fingerprint density at radius 2 is 2.00 bits per heavy atom. The Balaban J connectivity index is 2.72. The molecule has 0 aromatic carbocycles. The van der Waals surface area contributed by atoms with Gasteiger partial charge in [-0.3, -0.25) is 4.90 Å². The minimum absolute atomic E-state index is 0.677. The number of rotatable bonds is 9. The Bertz CT molecular complexity index is 376. The molecule has 0 unspecified atom stereocenters. The van der Waals surface area contributed by atoms with Crippen LogP contribution >= 0.6 is 0 Å². The van der Waals surface area contributed by atoms with E-state index in [4.69, 9.17) is 0 Å². The third-order valence-corrected chi connectivity index (χ3v) is 3.12. The normalized spacial score (nSPS) is 11.6. The van der Waals surface area contributed by atoms with Crippen LogP contribution in [0.15, 0.2) is 18.3 Å². The molecule has 4 heteroatoms. The molecule has 4 nitrogen and oxygen atoms in total. The minimum Gasteiger partial charge on any atom is -0.370 e. The molecule has 0 bridgehead atoms. The van der Waals surface area contributed by atoms with Gasteiger partial charge in [0, 0.05) is 44.5 Å². The number of pyridine rings is 1. The Morgan fingerprint density at radius 3 is 2.60 bits per heavy atom. The van der Waals surface area contributed by atoms with Gasteiger partial charge in [-0.25, -0.2) is 4.98 Å². The number of nitrogens with zero attached hydrogens (tertiary/aromatic N) is 3. The van der Waals surface area contributed by atoms with Crippen LogP contribution in [0.1, 0.15) is 26.3 Å². The minimum atomic E-state index is 0.677. The fourth-order valence-electron chi connectivity index (χ4n) is 2.23. The molecule has 0 fully saturated rings. The summed E-state index contributed by atoms with van der Waals surface area (Å²) in [5, 5.41) is 3.35. The van der Waals surface area contributed by atoms with Crippen molar-refractivity contribution >= 4 is 5.82 Å². The van der Waals surface area contributed by atoms with Gasteiger partial charge < -0.3 is 10.2 Å². The van der Waals surface area contributed by atoms with Crippen LogP contribution in [0.25, 0.3) is 0 Å². The number of nitrogens with one attached hydrogen (secondary N) is 1. The second kappa shape index (κ2) is 8.93. The third kappa shape index (κ3) is 6.35. The van der Waals surface area contributed by atoms with Crippen LogP contribution in [0.5, 0.6) is 0 Å². The highest BCUT2D eigenvalue weighted by atomic mass is 15.2. The first-order valence-electron chi connectivity index (χ1n) is 7.57. The summed E-state index contributed by atoms with van der Waals surface area (Å²) in [6.45, 7) is 11.8. The van der Waals surface area contributed by atoms with Crippen molar-refractivity contribution in [3.05, 3.63) is 23.9 Å². The molecule has 0 saturated carbocycles. The maximum Gasteiger partial charge on any atom is 0.130 e. The summed E-state index contributed by atoms with van der Waals surface area (Å²) in [4.78, 5) is 9.20. The summed E-state index contributed by atoms with van der Waals surface area (Å²) in [6.07, 6.45) is 1.86. The second-order valence-electron chi connectivity index (χ2n) is 5.97. The fourth-order valence-corrected chi connectivity index (χ4v) is 2.23. The van der Waals surface area contributed by atoms with E-state index in [0.717, 1.165) is 38.5 Å². The fraction of sp³-hybridized carbons (Fsp3) is 0.688. The van der Waals surface area contributed by atoms with E-state index >= 15 is 0 Å². The third-order valence-electron chi connectivity index (χ3n) is 3.12. The molecule has 0 aliphatic heterocycles. The van der Waals surface area contributed by atoms with Gasteiger partial charge in [-0.1, -0.05) is 19.9 Å². The molecule has 1 aromatic heterocycles. The van der Waals surface area contributed by atoms with Crippen molar-refractivity contribution in [2.45, 2.75) is 27.3 Å². The Kier molecular flexibility index (Phi) is 7.55. The number of likely N-dealkylation sites (N-methyl/N-ethyl adjacent to an activating group) is 1. The first-order valence-corrected chi connectivity index (χ1v) is 7.57. The summed E-state index contributed by atoms with van der Waals surface area (Å²) in [7, 11) is 4.25. The molecule has 0 spiro atoms. The van der Waals surface area contributed by atoms with Crippen molar-refractivity contribution in [2.24, 2.45) is 5.92 Å². The van der Waals surface area contributed by atoms with Gasteiger partial charge in [-0.2, -0.15) is 0 Å². The van der Waals surface area contributed by atoms with Crippen LogP contribution in [0.2, 0.25) is 0 Å². The summed E-state index contributed by atoms with van der Waals surface area (Å²) in [5.41, 5.74) is 1.29. The van der Waals surface area contributed by atoms with E-state index in [1.165, 1.54) is 5.56 Å². The molecule has 1 heterocycles. The van der Waals surface area contributed by atoms with Gasteiger partial charge in [0.1, 0.15) is 5.82 Å². The van der Waals surface area contributed by atoms with E-state index in [9.17, 15) is 0 Å². The Labute approximate surface area is 124 Å². The molecule has 114 valence electrons. The van der Waals surface area contributed by atoms with Crippen LogP contribution in [-0.2, 0) is 6.54 Å². The molecular weight excluding hydrogens is 248 g/mol. The van der Waals surface area contributed by atoms with Gasteiger partial charge in [0.2, 0.25) is 0 Å². The highest BCUT2D eigenvalue weighted by molar-refractivity contribution is 5.43. The van der Waals surface area contributed by atoms with Crippen LogP contribution in [0.4, 0.5) is 5.82 Å². The maximum absolute atomic E-state index is 4.45.